The number of amides is 1. The van der Waals surface area contributed by atoms with Gasteiger partial charge in [0.05, 0.1) is 15.9 Å². The van der Waals surface area contributed by atoms with Crippen LogP contribution in [-0.2, 0) is 24.1 Å². The van der Waals surface area contributed by atoms with Crippen LogP contribution in [0.3, 0.4) is 0 Å². The number of imidazole rings is 1. The smallest absolute Gasteiger partial charge is 0.328 e. The number of piperidine rings is 1. The monoisotopic (exact) mass is 432 g/mol. The second kappa shape index (κ2) is 7.44. The fourth-order valence-electron chi connectivity index (χ4n) is 3.85. The molecule has 1 aromatic carbocycles. The van der Waals surface area contributed by atoms with Crippen LogP contribution in [0.5, 0.6) is 0 Å². The summed E-state index contributed by atoms with van der Waals surface area (Å²) in [6.07, 6.45) is 1.02. The van der Waals surface area contributed by atoms with Crippen molar-refractivity contribution in [1.82, 2.24) is 18.8 Å². The van der Waals surface area contributed by atoms with Crippen molar-refractivity contribution in [2.24, 2.45) is 14.1 Å². The molecule has 1 aliphatic heterocycles. The fraction of sp³-hybridized carbons (Fsp3) is 0.400. The lowest BCUT2D eigenvalue weighted by Crippen LogP contribution is -2.46. The van der Waals surface area contributed by atoms with Crippen LogP contribution in [0.15, 0.2) is 44.4 Å². The van der Waals surface area contributed by atoms with Gasteiger partial charge < -0.3 is 9.73 Å². The highest BCUT2D eigenvalue weighted by molar-refractivity contribution is 7.89. The molecule has 160 valence electrons. The molecule has 0 radical (unpaired) electrons. The number of aromatic nitrogens is 2. The summed E-state index contributed by atoms with van der Waals surface area (Å²) in [5.41, 5.74) is 1.04. The SMILES string of the molecule is Cc1ccc(C(=O)NC2CCN(S(=O)(=O)c3ccc4c(c3)n(C)c(=O)n4C)CC2)o1. The number of fused-ring (bicyclic) bond motifs is 1. The topological polar surface area (TPSA) is 107 Å². The molecule has 2 aromatic heterocycles. The summed E-state index contributed by atoms with van der Waals surface area (Å²) in [5.74, 6) is 0.623. The van der Waals surface area contributed by atoms with Crippen LogP contribution in [0.2, 0.25) is 0 Å². The van der Waals surface area contributed by atoms with Crippen molar-refractivity contribution >= 4 is 27.0 Å². The second-order valence-electron chi connectivity index (χ2n) is 7.61. The molecule has 4 rings (SSSR count). The molecule has 0 atom stereocenters. The van der Waals surface area contributed by atoms with Crippen LogP contribution in [0, 0.1) is 6.92 Å². The Labute approximate surface area is 173 Å². The Morgan fingerprint density at radius 1 is 1.07 bits per heavy atom. The Hall–Kier alpha value is -2.85. The molecule has 0 unspecified atom stereocenters. The zero-order chi connectivity index (χ0) is 21.6. The fourth-order valence-corrected chi connectivity index (χ4v) is 5.34. The van der Waals surface area contributed by atoms with Gasteiger partial charge in [0.15, 0.2) is 5.76 Å². The second-order valence-corrected chi connectivity index (χ2v) is 9.55. The minimum Gasteiger partial charge on any atom is -0.456 e. The molecule has 3 heterocycles. The number of carbonyl (C=O) groups is 1. The first kappa shape index (κ1) is 20.4. The van der Waals surface area contributed by atoms with Gasteiger partial charge >= 0.3 is 5.69 Å². The van der Waals surface area contributed by atoms with Gasteiger partial charge in [-0.1, -0.05) is 0 Å². The van der Waals surface area contributed by atoms with Gasteiger partial charge in [0.25, 0.3) is 5.91 Å². The molecular formula is C20H24N4O5S. The molecule has 0 saturated carbocycles. The number of nitrogens with one attached hydrogen (secondary N) is 1. The van der Waals surface area contributed by atoms with Gasteiger partial charge in [-0.15, -0.1) is 0 Å². The quantitative estimate of drug-likeness (QED) is 0.670. The third-order valence-corrected chi connectivity index (χ3v) is 7.53. The number of carbonyl (C=O) groups excluding carboxylic acids is 1. The van der Waals surface area contributed by atoms with E-state index in [1.165, 1.54) is 19.5 Å². The van der Waals surface area contributed by atoms with Crippen molar-refractivity contribution in [2.75, 3.05) is 13.1 Å². The van der Waals surface area contributed by atoms with E-state index in [1.54, 1.807) is 45.3 Å². The average molecular weight is 433 g/mol. The van der Waals surface area contributed by atoms with Gasteiger partial charge in [-0.3, -0.25) is 13.9 Å². The lowest BCUT2D eigenvalue weighted by atomic mass is 10.1. The summed E-state index contributed by atoms with van der Waals surface area (Å²) >= 11 is 0. The Kier molecular flexibility index (Phi) is 5.07. The van der Waals surface area contributed by atoms with Gasteiger partial charge in [-0.2, -0.15) is 4.31 Å². The number of furan rings is 1. The first-order chi connectivity index (χ1) is 14.2. The Bertz CT molecular complexity index is 1280. The average Bonchev–Trinajstić information content (AvgIpc) is 3.26. The molecule has 30 heavy (non-hydrogen) atoms. The van der Waals surface area contributed by atoms with Crippen molar-refractivity contribution in [1.29, 1.82) is 0 Å². The Balaban J connectivity index is 1.47. The summed E-state index contributed by atoms with van der Waals surface area (Å²) in [6.45, 7) is 2.37. The normalized spacial score (nSPS) is 16.2. The van der Waals surface area contributed by atoms with E-state index in [0.717, 1.165) is 0 Å². The molecule has 0 spiro atoms. The molecule has 10 heteroatoms. The van der Waals surface area contributed by atoms with Gasteiger partial charge in [0.2, 0.25) is 10.0 Å². The molecule has 1 amide bonds. The van der Waals surface area contributed by atoms with Gasteiger partial charge in [0.1, 0.15) is 5.76 Å². The number of hydrogen-bond donors (Lipinski definition) is 1. The van der Waals surface area contributed by atoms with Crippen LogP contribution >= 0.6 is 0 Å². The molecular weight excluding hydrogens is 408 g/mol. The zero-order valence-electron chi connectivity index (χ0n) is 17.1. The van der Waals surface area contributed by atoms with E-state index < -0.39 is 10.0 Å². The summed E-state index contributed by atoms with van der Waals surface area (Å²) in [6, 6.07) is 7.96. The molecule has 1 aliphatic rings. The predicted octanol–water partition coefficient (Wildman–Crippen LogP) is 1.36. The standard InChI is InChI=1S/C20H24N4O5S/c1-13-4-7-18(29-13)19(25)21-14-8-10-24(11-9-14)30(27,28)15-5-6-16-17(12-15)23(3)20(26)22(16)2/h4-7,12,14H,8-11H2,1-3H3,(H,21,25). The zero-order valence-corrected chi connectivity index (χ0v) is 17.9. The highest BCUT2D eigenvalue weighted by Crippen LogP contribution is 2.24. The van der Waals surface area contributed by atoms with Crippen LogP contribution in [0.1, 0.15) is 29.2 Å². The van der Waals surface area contributed by atoms with E-state index >= 15 is 0 Å². The summed E-state index contributed by atoms with van der Waals surface area (Å²) in [4.78, 5) is 24.5. The third kappa shape index (κ3) is 3.46. The minimum absolute atomic E-state index is 0.119. The molecule has 3 aromatic rings. The lowest BCUT2D eigenvalue weighted by molar-refractivity contribution is 0.0894. The summed E-state index contributed by atoms with van der Waals surface area (Å²) < 4.78 is 35.9. The molecule has 0 aliphatic carbocycles. The predicted molar refractivity (Wildman–Crippen MR) is 111 cm³/mol. The highest BCUT2D eigenvalue weighted by atomic mass is 32.2. The first-order valence-electron chi connectivity index (χ1n) is 9.71. The number of hydrogen-bond acceptors (Lipinski definition) is 5. The van der Waals surface area contributed by atoms with Crippen molar-refractivity contribution in [3.05, 3.63) is 52.3 Å². The number of nitrogens with zero attached hydrogens (tertiary/aromatic N) is 3. The molecule has 1 fully saturated rings. The van der Waals surface area contributed by atoms with Crippen LogP contribution in [-0.4, -0.2) is 46.9 Å². The highest BCUT2D eigenvalue weighted by Gasteiger charge is 2.31. The maximum absolute atomic E-state index is 13.1. The number of benzene rings is 1. The van der Waals surface area contributed by atoms with Crippen molar-refractivity contribution in [2.45, 2.75) is 30.7 Å². The lowest BCUT2D eigenvalue weighted by Gasteiger charge is -2.31. The van der Waals surface area contributed by atoms with Gasteiger partial charge in [-0.05, 0) is 50.1 Å². The van der Waals surface area contributed by atoms with Crippen molar-refractivity contribution in [3.63, 3.8) is 0 Å². The van der Waals surface area contributed by atoms with Crippen LogP contribution < -0.4 is 11.0 Å². The van der Waals surface area contributed by atoms with E-state index in [9.17, 15) is 18.0 Å². The van der Waals surface area contributed by atoms with Gasteiger partial charge in [0, 0.05) is 33.2 Å². The Morgan fingerprint density at radius 3 is 2.37 bits per heavy atom. The maximum Gasteiger partial charge on any atom is 0.328 e. The van der Waals surface area contributed by atoms with Crippen LogP contribution in [0.25, 0.3) is 11.0 Å². The molecule has 1 saturated heterocycles. The van der Waals surface area contributed by atoms with E-state index in [0.29, 0.717) is 42.7 Å². The molecule has 0 bridgehead atoms. The van der Waals surface area contributed by atoms with E-state index in [-0.39, 0.29) is 28.3 Å². The van der Waals surface area contributed by atoms with Crippen LogP contribution in [0.4, 0.5) is 0 Å². The maximum atomic E-state index is 13.1. The van der Waals surface area contributed by atoms with Gasteiger partial charge in [-0.25, -0.2) is 13.2 Å². The van der Waals surface area contributed by atoms with E-state index in [2.05, 4.69) is 5.32 Å². The largest absolute Gasteiger partial charge is 0.456 e. The third-order valence-electron chi connectivity index (χ3n) is 5.63. The summed E-state index contributed by atoms with van der Waals surface area (Å²) in [5, 5.41) is 2.91. The van der Waals surface area contributed by atoms with E-state index in [1.807, 2.05) is 0 Å². The first-order valence-corrected chi connectivity index (χ1v) is 11.2. The number of rotatable bonds is 4. The van der Waals surface area contributed by atoms with E-state index in [4.69, 9.17) is 4.42 Å². The molecule has 1 N–H and O–H groups in total. The van der Waals surface area contributed by atoms with Crippen molar-refractivity contribution < 1.29 is 17.6 Å². The molecule has 9 nitrogen and oxygen atoms in total. The Morgan fingerprint density at radius 2 is 1.73 bits per heavy atom. The minimum atomic E-state index is -3.70. The summed E-state index contributed by atoms with van der Waals surface area (Å²) in [7, 11) is -0.422. The number of aryl methyl sites for hydroxylation is 3. The number of sulfonamides is 1. The van der Waals surface area contributed by atoms with Crippen molar-refractivity contribution in [3.8, 4) is 0 Å².